The molecule has 2 amide bonds. The molecule has 0 saturated heterocycles. The number of ether oxygens (including phenoxy) is 1. The van der Waals surface area contributed by atoms with Crippen LogP contribution < -0.4 is 5.48 Å². The summed E-state index contributed by atoms with van der Waals surface area (Å²) in [5.41, 5.74) is 2.64. The lowest BCUT2D eigenvalue weighted by atomic mass is 10.2. The zero-order valence-electron chi connectivity index (χ0n) is 12.9. The summed E-state index contributed by atoms with van der Waals surface area (Å²) in [6.07, 6.45) is -0.555. The molecule has 0 fully saturated rings. The van der Waals surface area contributed by atoms with E-state index in [-0.39, 0.29) is 13.2 Å². The molecule has 116 valence electrons. The molecule has 0 saturated carbocycles. The summed E-state index contributed by atoms with van der Waals surface area (Å²) in [6.45, 7) is 5.43. The lowest BCUT2D eigenvalue weighted by Gasteiger charge is -2.24. The number of amides is 2. The van der Waals surface area contributed by atoms with Crippen molar-refractivity contribution in [1.29, 1.82) is 0 Å². The summed E-state index contributed by atoms with van der Waals surface area (Å²) in [6, 6.07) is 9.45. The smallest absolute Gasteiger partial charge is 0.410 e. The summed E-state index contributed by atoms with van der Waals surface area (Å²) < 4.78 is 5.14. The average molecular weight is 294 g/mol. The van der Waals surface area contributed by atoms with Gasteiger partial charge in [-0.2, -0.15) is 0 Å². The minimum Gasteiger partial charge on any atom is -0.444 e. The van der Waals surface area contributed by atoms with E-state index in [1.54, 1.807) is 20.8 Å². The third kappa shape index (κ3) is 7.31. The predicted octanol–water partition coefficient (Wildman–Crippen LogP) is 2.10. The first kappa shape index (κ1) is 17.0. The second-order valence-electron chi connectivity index (χ2n) is 5.64. The summed E-state index contributed by atoms with van der Waals surface area (Å²) >= 11 is 0. The normalized spacial score (nSPS) is 10.9. The van der Waals surface area contributed by atoms with Crippen LogP contribution in [0, 0.1) is 0 Å². The summed E-state index contributed by atoms with van der Waals surface area (Å²) in [4.78, 5) is 29.6. The van der Waals surface area contributed by atoms with Crippen molar-refractivity contribution < 1.29 is 19.2 Å². The molecule has 0 aliphatic heterocycles. The van der Waals surface area contributed by atoms with E-state index in [1.807, 2.05) is 30.3 Å². The van der Waals surface area contributed by atoms with Crippen molar-refractivity contribution in [1.82, 2.24) is 10.4 Å². The second-order valence-corrected chi connectivity index (χ2v) is 5.64. The lowest BCUT2D eigenvalue weighted by molar-refractivity contribution is -0.135. The Morgan fingerprint density at radius 3 is 2.38 bits per heavy atom. The molecule has 1 rings (SSSR count). The highest BCUT2D eigenvalue weighted by atomic mass is 16.7. The Kier molecular flexibility index (Phi) is 6.17. The highest BCUT2D eigenvalue weighted by molar-refractivity contribution is 5.81. The first-order valence-corrected chi connectivity index (χ1v) is 6.66. The first-order chi connectivity index (χ1) is 9.78. The molecule has 6 nitrogen and oxygen atoms in total. The van der Waals surface area contributed by atoms with Crippen LogP contribution >= 0.6 is 0 Å². The van der Waals surface area contributed by atoms with Gasteiger partial charge in [-0.15, -0.1) is 0 Å². The highest BCUT2D eigenvalue weighted by Gasteiger charge is 2.21. The third-order valence-electron chi connectivity index (χ3n) is 2.35. The number of nitrogens with one attached hydrogen (secondary N) is 1. The monoisotopic (exact) mass is 294 g/mol. The number of hydroxylamine groups is 1. The zero-order chi connectivity index (χ0) is 15.9. The molecule has 1 aromatic rings. The fourth-order valence-electron chi connectivity index (χ4n) is 1.43. The van der Waals surface area contributed by atoms with Crippen LogP contribution in [0.5, 0.6) is 0 Å². The maximum atomic E-state index is 11.7. The van der Waals surface area contributed by atoms with Gasteiger partial charge in [-0.3, -0.25) is 9.63 Å². The molecule has 1 aromatic carbocycles. The van der Waals surface area contributed by atoms with Crippen LogP contribution in [0.15, 0.2) is 30.3 Å². The van der Waals surface area contributed by atoms with Crippen LogP contribution in [-0.2, 0) is 21.0 Å². The third-order valence-corrected chi connectivity index (χ3v) is 2.35. The molecule has 0 unspecified atom stereocenters. The summed E-state index contributed by atoms with van der Waals surface area (Å²) in [7, 11) is 1.49. The molecular formula is C15H22N2O4. The topological polar surface area (TPSA) is 67.9 Å². The van der Waals surface area contributed by atoms with E-state index in [9.17, 15) is 9.59 Å². The first-order valence-electron chi connectivity index (χ1n) is 6.66. The van der Waals surface area contributed by atoms with Gasteiger partial charge in [0, 0.05) is 7.05 Å². The van der Waals surface area contributed by atoms with Gasteiger partial charge < -0.3 is 9.64 Å². The molecule has 0 heterocycles. The van der Waals surface area contributed by atoms with Gasteiger partial charge in [-0.25, -0.2) is 10.3 Å². The fraction of sp³-hybridized carbons (Fsp3) is 0.467. The number of nitrogens with zero attached hydrogens (tertiary/aromatic N) is 1. The number of hydrogen-bond acceptors (Lipinski definition) is 4. The van der Waals surface area contributed by atoms with Gasteiger partial charge in [-0.1, -0.05) is 30.3 Å². The molecule has 0 aliphatic carbocycles. The second kappa shape index (κ2) is 7.64. The Hall–Kier alpha value is -2.08. The maximum Gasteiger partial charge on any atom is 0.410 e. The predicted molar refractivity (Wildman–Crippen MR) is 78.2 cm³/mol. The van der Waals surface area contributed by atoms with Gasteiger partial charge in [0.05, 0.1) is 6.61 Å². The van der Waals surface area contributed by atoms with Crippen molar-refractivity contribution in [2.45, 2.75) is 33.0 Å². The zero-order valence-corrected chi connectivity index (χ0v) is 12.9. The van der Waals surface area contributed by atoms with Crippen LogP contribution in [0.4, 0.5) is 4.79 Å². The number of likely N-dealkylation sites (N-methyl/N-ethyl adjacent to an activating group) is 1. The Balaban J connectivity index is 2.28. The van der Waals surface area contributed by atoms with E-state index in [0.717, 1.165) is 5.56 Å². The van der Waals surface area contributed by atoms with E-state index in [2.05, 4.69) is 5.48 Å². The largest absolute Gasteiger partial charge is 0.444 e. The average Bonchev–Trinajstić information content (AvgIpc) is 2.37. The number of rotatable bonds is 5. The molecule has 0 bridgehead atoms. The molecule has 0 spiro atoms. The minimum atomic E-state index is -0.592. The Morgan fingerprint density at radius 1 is 1.19 bits per heavy atom. The summed E-state index contributed by atoms with van der Waals surface area (Å²) in [5.74, 6) is -0.417. The standard InChI is InChI=1S/C15H22N2O4/c1-15(2,3)21-14(19)17(4)10-13(18)16-20-11-12-8-6-5-7-9-12/h5-9H,10-11H2,1-4H3,(H,16,18). The SMILES string of the molecule is CN(CC(=O)NOCc1ccccc1)C(=O)OC(C)(C)C. The van der Waals surface area contributed by atoms with E-state index >= 15 is 0 Å². The van der Waals surface area contributed by atoms with Crippen LogP contribution in [0.25, 0.3) is 0 Å². The van der Waals surface area contributed by atoms with Crippen molar-refractivity contribution in [3.8, 4) is 0 Å². The summed E-state index contributed by atoms with van der Waals surface area (Å²) in [5, 5.41) is 0. The van der Waals surface area contributed by atoms with Crippen LogP contribution in [0.2, 0.25) is 0 Å². The van der Waals surface area contributed by atoms with Crippen LogP contribution in [-0.4, -0.2) is 36.1 Å². The van der Waals surface area contributed by atoms with Gasteiger partial charge in [0.25, 0.3) is 5.91 Å². The van der Waals surface area contributed by atoms with Crippen LogP contribution in [0.3, 0.4) is 0 Å². The fourth-order valence-corrected chi connectivity index (χ4v) is 1.43. The Bertz CT molecular complexity index is 468. The Morgan fingerprint density at radius 2 is 1.81 bits per heavy atom. The van der Waals surface area contributed by atoms with Gasteiger partial charge in [0.1, 0.15) is 12.1 Å². The van der Waals surface area contributed by atoms with E-state index in [4.69, 9.17) is 9.57 Å². The molecule has 0 radical (unpaired) electrons. The minimum absolute atomic E-state index is 0.135. The van der Waals surface area contributed by atoms with E-state index in [1.165, 1.54) is 11.9 Å². The van der Waals surface area contributed by atoms with Gasteiger partial charge in [-0.05, 0) is 26.3 Å². The van der Waals surface area contributed by atoms with Crippen LogP contribution in [0.1, 0.15) is 26.3 Å². The number of carbonyl (C=O) groups excluding carboxylic acids is 2. The number of benzene rings is 1. The van der Waals surface area contributed by atoms with Gasteiger partial charge in [0.2, 0.25) is 0 Å². The van der Waals surface area contributed by atoms with Crippen molar-refractivity contribution >= 4 is 12.0 Å². The molecular weight excluding hydrogens is 272 g/mol. The van der Waals surface area contributed by atoms with Crippen molar-refractivity contribution in [2.24, 2.45) is 0 Å². The number of carbonyl (C=O) groups is 2. The lowest BCUT2D eigenvalue weighted by Crippen LogP contribution is -2.40. The molecule has 21 heavy (non-hydrogen) atoms. The highest BCUT2D eigenvalue weighted by Crippen LogP contribution is 2.08. The Labute approximate surface area is 125 Å². The van der Waals surface area contributed by atoms with Crippen molar-refractivity contribution in [3.05, 3.63) is 35.9 Å². The molecule has 0 aliphatic rings. The maximum absolute atomic E-state index is 11.7. The quantitative estimate of drug-likeness (QED) is 0.844. The molecule has 0 aromatic heterocycles. The van der Waals surface area contributed by atoms with Gasteiger partial charge in [0.15, 0.2) is 0 Å². The van der Waals surface area contributed by atoms with E-state index < -0.39 is 17.6 Å². The van der Waals surface area contributed by atoms with E-state index in [0.29, 0.717) is 0 Å². The van der Waals surface area contributed by atoms with Gasteiger partial charge >= 0.3 is 6.09 Å². The molecule has 1 N–H and O–H groups in total. The van der Waals surface area contributed by atoms with Crippen molar-refractivity contribution in [2.75, 3.05) is 13.6 Å². The molecule has 0 atom stereocenters. The molecule has 6 heteroatoms. The number of hydrogen-bond donors (Lipinski definition) is 1. The van der Waals surface area contributed by atoms with Crippen molar-refractivity contribution in [3.63, 3.8) is 0 Å².